The zero-order valence-corrected chi connectivity index (χ0v) is 16.5. The number of benzene rings is 1. The van der Waals surface area contributed by atoms with E-state index < -0.39 is 10.8 Å². The molecule has 1 N–H and O–H groups in total. The second-order valence-corrected chi connectivity index (χ2v) is 8.82. The van der Waals surface area contributed by atoms with Crippen molar-refractivity contribution < 1.29 is 13.7 Å². The highest BCUT2D eigenvalue weighted by Crippen LogP contribution is 2.26. The Morgan fingerprint density at radius 3 is 2.69 bits per heavy atom. The fourth-order valence-corrected chi connectivity index (χ4v) is 5.00. The van der Waals surface area contributed by atoms with Gasteiger partial charge in [-0.25, -0.2) is 4.98 Å². The minimum Gasteiger partial charge on any atom is -0.497 e. The number of methoxy groups -OCH3 is 1. The second-order valence-electron chi connectivity index (χ2n) is 6.50. The van der Waals surface area contributed by atoms with Crippen LogP contribution in [-0.4, -0.2) is 34.0 Å². The molecule has 1 amide bonds. The number of rotatable bonds is 7. The van der Waals surface area contributed by atoms with E-state index in [9.17, 15) is 9.00 Å². The number of hydrogen-bond donors (Lipinski definition) is 1. The SMILES string of the molecule is COc1ccc(-c2nc(C[S@](=O)CC(=O)NC3CCCCC3)cs2)cc1. The standard InChI is InChI=1S/C19H24N2O3S2/c1-24-17-9-7-14(8-10-17)19-21-16(11-25-19)12-26(23)13-18(22)20-15-5-3-2-4-6-15/h7-11,15H,2-6,12-13H2,1H3,(H,20,22)/t26-/m0/s1. The highest BCUT2D eigenvalue weighted by molar-refractivity contribution is 7.84. The lowest BCUT2D eigenvalue weighted by molar-refractivity contribution is -0.119. The van der Waals surface area contributed by atoms with Crippen LogP contribution >= 0.6 is 11.3 Å². The Kier molecular flexibility index (Phi) is 6.80. The van der Waals surface area contributed by atoms with Crippen LogP contribution in [0.4, 0.5) is 0 Å². The summed E-state index contributed by atoms with van der Waals surface area (Å²) in [6.45, 7) is 0. The third-order valence-corrected chi connectivity index (χ3v) is 6.60. The fraction of sp³-hybridized carbons (Fsp3) is 0.474. The van der Waals surface area contributed by atoms with Gasteiger partial charge in [0.2, 0.25) is 5.91 Å². The summed E-state index contributed by atoms with van der Waals surface area (Å²) in [5.74, 6) is 1.05. The van der Waals surface area contributed by atoms with E-state index in [1.807, 2.05) is 29.6 Å². The molecule has 5 nitrogen and oxygen atoms in total. The molecule has 1 fully saturated rings. The summed E-state index contributed by atoms with van der Waals surface area (Å²) in [5.41, 5.74) is 1.77. The van der Waals surface area contributed by atoms with Crippen molar-refractivity contribution in [3.63, 3.8) is 0 Å². The number of amides is 1. The maximum Gasteiger partial charge on any atom is 0.232 e. The molecular weight excluding hydrogens is 368 g/mol. The van der Waals surface area contributed by atoms with E-state index in [-0.39, 0.29) is 17.7 Å². The zero-order valence-electron chi connectivity index (χ0n) is 14.9. The lowest BCUT2D eigenvalue weighted by Gasteiger charge is -2.22. The van der Waals surface area contributed by atoms with Gasteiger partial charge in [0.15, 0.2) is 0 Å². The molecule has 0 saturated heterocycles. The minimum absolute atomic E-state index is 0.0475. The van der Waals surface area contributed by atoms with Crippen molar-refractivity contribution in [3.8, 4) is 16.3 Å². The third kappa shape index (κ3) is 5.38. The van der Waals surface area contributed by atoms with Crippen molar-refractivity contribution in [2.24, 2.45) is 0 Å². The smallest absolute Gasteiger partial charge is 0.232 e. The molecule has 1 saturated carbocycles. The molecule has 1 aromatic heterocycles. The van der Waals surface area contributed by atoms with E-state index in [0.29, 0.717) is 5.75 Å². The van der Waals surface area contributed by atoms with Crippen molar-refractivity contribution in [1.82, 2.24) is 10.3 Å². The number of hydrogen-bond acceptors (Lipinski definition) is 5. The second kappa shape index (κ2) is 9.28. The summed E-state index contributed by atoms with van der Waals surface area (Å²) in [5, 5.41) is 5.81. The van der Waals surface area contributed by atoms with Crippen LogP contribution in [0.25, 0.3) is 10.6 Å². The number of nitrogens with zero attached hydrogens (tertiary/aromatic N) is 1. The van der Waals surface area contributed by atoms with Gasteiger partial charge >= 0.3 is 0 Å². The van der Waals surface area contributed by atoms with Gasteiger partial charge in [0.05, 0.1) is 18.6 Å². The Labute approximate surface area is 160 Å². The predicted molar refractivity (Wildman–Crippen MR) is 106 cm³/mol. The van der Waals surface area contributed by atoms with Crippen LogP contribution in [0.1, 0.15) is 37.8 Å². The van der Waals surface area contributed by atoms with Gasteiger partial charge in [-0.2, -0.15) is 0 Å². The van der Waals surface area contributed by atoms with Crippen LogP contribution in [0.2, 0.25) is 0 Å². The van der Waals surface area contributed by atoms with Gasteiger partial charge in [-0.05, 0) is 37.1 Å². The van der Waals surface area contributed by atoms with E-state index in [4.69, 9.17) is 4.74 Å². The Bertz CT molecular complexity index is 752. The molecule has 1 atom stereocenters. The Balaban J connectivity index is 1.51. The topological polar surface area (TPSA) is 68.3 Å². The van der Waals surface area contributed by atoms with Crippen LogP contribution in [-0.2, 0) is 21.3 Å². The number of aromatic nitrogens is 1. The van der Waals surface area contributed by atoms with Crippen molar-refractivity contribution in [3.05, 3.63) is 35.3 Å². The van der Waals surface area contributed by atoms with Crippen LogP contribution in [0.15, 0.2) is 29.6 Å². The summed E-state index contributed by atoms with van der Waals surface area (Å²) < 4.78 is 17.5. The van der Waals surface area contributed by atoms with Crippen molar-refractivity contribution in [2.75, 3.05) is 12.9 Å². The van der Waals surface area contributed by atoms with Crippen molar-refractivity contribution >= 4 is 28.0 Å². The van der Waals surface area contributed by atoms with E-state index in [2.05, 4.69) is 10.3 Å². The molecule has 2 aromatic rings. The number of ether oxygens (including phenoxy) is 1. The highest BCUT2D eigenvalue weighted by Gasteiger charge is 2.17. The summed E-state index contributed by atoms with van der Waals surface area (Å²) in [6, 6.07) is 7.95. The van der Waals surface area contributed by atoms with Gasteiger partial charge in [-0.3, -0.25) is 9.00 Å². The molecule has 1 aromatic carbocycles. The number of carbonyl (C=O) groups excluding carboxylic acids is 1. The van der Waals surface area contributed by atoms with Gasteiger partial charge in [0, 0.05) is 27.8 Å². The van der Waals surface area contributed by atoms with Gasteiger partial charge in [0.25, 0.3) is 0 Å². The predicted octanol–water partition coefficient (Wildman–Crippen LogP) is 3.52. The van der Waals surface area contributed by atoms with Crippen LogP contribution in [0.3, 0.4) is 0 Å². The molecule has 3 rings (SSSR count). The van der Waals surface area contributed by atoms with Gasteiger partial charge in [-0.15, -0.1) is 11.3 Å². The molecular formula is C19H24N2O3S2. The quantitative estimate of drug-likeness (QED) is 0.783. The molecule has 7 heteroatoms. The number of nitrogens with one attached hydrogen (secondary N) is 1. The Hall–Kier alpha value is -1.73. The summed E-state index contributed by atoms with van der Waals surface area (Å²) >= 11 is 1.52. The lowest BCUT2D eigenvalue weighted by Crippen LogP contribution is -2.38. The van der Waals surface area contributed by atoms with E-state index in [1.54, 1.807) is 7.11 Å². The first-order valence-corrected chi connectivity index (χ1v) is 11.2. The summed E-state index contributed by atoms with van der Waals surface area (Å²) in [6.07, 6.45) is 5.66. The van der Waals surface area contributed by atoms with Gasteiger partial charge in [-0.1, -0.05) is 19.3 Å². The van der Waals surface area contributed by atoms with Crippen molar-refractivity contribution in [2.45, 2.75) is 43.9 Å². The van der Waals surface area contributed by atoms with Crippen molar-refractivity contribution in [1.29, 1.82) is 0 Å². The van der Waals surface area contributed by atoms with Crippen LogP contribution < -0.4 is 10.1 Å². The monoisotopic (exact) mass is 392 g/mol. The summed E-state index contributed by atoms with van der Waals surface area (Å²) in [7, 11) is 0.394. The van der Waals surface area contributed by atoms with Gasteiger partial charge < -0.3 is 10.1 Å². The molecule has 0 radical (unpaired) electrons. The number of thiazole rings is 1. The first-order valence-electron chi connectivity index (χ1n) is 8.87. The molecule has 0 aliphatic heterocycles. The van der Waals surface area contributed by atoms with E-state index in [1.165, 1.54) is 30.6 Å². The molecule has 1 heterocycles. The molecule has 0 bridgehead atoms. The largest absolute Gasteiger partial charge is 0.497 e. The normalized spacial score (nSPS) is 16.2. The average molecular weight is 393 g/mol. The molecule has 26 heavy (non-hydrogen) atoms. The van der Waals surface area contributed by atoms with Crippen LogP contribution in [0.5, 0.6) is 5.75 Å². The van der Waals surface area contributed by atoms with E-state index >= 15 is 0 Å². The molecule has 140 valence electrons. The molecule has 1 aliphatic carbocycles. The van der Waals surface area contributed by atoms with Crippen LogP contribution in [0, 0.1) is 0 Å². The van der Waals surface area contributed by atoms with E-state index in [0.717, 1.165) is 34.9 Å². The number of carbonyl (C=O) groups is 1. The summed E-state index contributed by atoms with van der Waals surface area (Å²) in [4.78, 5) is 16.6. The zero-order chi connectivity index (χ0) is 18.4. The third-order valence-electron chi connectivity index (χ3n) is 4.46. The van der Waals surface area contributed by atoms with Gasteiger partial charge in [0.1, 0.15) is 16.5 Å². The maximum absolute atomic E-state index is 12.3. The highest BCUT2D eigenvalue weighted by atomic mass is 32.2. The average Bonchev–Trinajstić information content (AvgIpc) is 3.10. The lowest BCUT2D eigenvalue weighted by atomic mass is 9.95. The fourth-order valence-electron chi connectivity index (χ4n) is 3.12. The maximum atomic E-state index is 12.3. The first kappa shape index (κ1) is 19.0. The first-order chi connectivity index (χ1) is 12.6. The molecule has 1 aliphatic rings. The minimum atomic E-state index is -1.24. The molecule has 0 spiro atoms. The Morgan fingerprint density at radius 2 is 2.00 bits per heavy atom. The Morgan fingerprint density at radius 1 is 1.27 bits per heavy atom. The molecule has 0 unspecified atom stereocenters.